The average molecular weight is 364 g/mol. The van der Waals surface area contributed by atoms with Crippen LogP contribution < -0.4 is 0 Å². The molecule has 5 rings (SSSR count). The summed E-state index contributed by atoms with van der Waals surface area (Å²) in [4.78, 5) is 23.1. The zero-order valence-corrected chi connectivity index (χ0v) is 15.4. The SMILES string of the molecule is N#CC1=C(N2CCC3(CCC3)CC2)C2C=C(C(O)C3CC3)N=CC2=NC1=O. The van der Waals surface area contributed by atoms with E-state index in [-0.39, 0.29) is 17.4 Å². The van der Waals surface area contributed by atoms with Gasteiger partial charge in [-0.3, -0.25) is 9.79 Å². The number of likely N-dealkylation sites (tertiary alicyclic amines) is 1. The molecule has 6 nitrogen and oxygen atoms in total. The van der Waals surface area contributed by atoms with E-state index < -0.39 is 12.0 Å². The number of carbonyl (C=O) groups is 1. The van der Waals surface area contributed by atoms with Crippen LogP contribution in [0.1, 0.15) is 44.9 Å². The number of nitrogens with zero attached hydrogens (tertiary/aromatic N) is 4. The number of amides is 1. The van der Waals surface area contributed by atoms with Crippen molar-refractivity contribution in [2.24, 2.45) is 27.2 Å². The highest BCUT2D eigenvalue weighted by atomic mass is 16.3. The van der Waals surface area contributed by atoms with Crippen molar-refractivity contribution in [3.8, 4) is 6.07 Å². The molecule has 2 aliphatic carbocycles. The lowest BCUT2D eigenvalue weighted by Crippen LogP contribution is -2.46. The van der Waals surface area contributed by atoms with Crippen molar-refractivity contribution in [1.82, 2.24) is 4.90 Å². The van der Waals surface area contributed by atoms with Crippen LogP contribution in [-0.4, -0.2) is 47.0 Å². The fraction of sp³-hybridized carbons (Fsp3) is 0.619. The van der Waals surface area contributed by atoms with Gasteiger partial charge in [-0.25, -0.2) is 4.99 Å². The Morgan fingerprint density at radius 2 is 2.00 bits per heavy atom. The number of dihydropyridines is 1. The van der Waals surface area contributed by atoms with E-state index in [0.717, 1.165) is 44.5 Å². The van der Waals surface area contributed by atoms with Crippen LogP contribution in [0.4, 0.5) is 0 Å². The lowest BCUT2D eigenvalue weighted by molar-refractivity contribution is -0.114. The molecule has 0 bridgehead atoms. The number of allylic oxidation sites excluding steroid dienone is 1. The fourth-order valence-electron chi connectivity index (χ4n) is 4.96. The van der Waals surface area contributed by atoms with Gasteiger partial charge in [0.15, 0.2) is 0 Å². The Hall–Kier alpha value is -2.26. The standard InChI is InChI=1S/C21H24N4O2/c22-11-15-18(25-8-6-21(7-9-25)4-1-5-21)14-10-16(19(26)13-2-3-13)23-12-17(14)24-20(15)27/h10,12-14,19,26H,1-9H2. The van der Waals surface area contributed by atoms with E-state index in [4.69, 9.17) is 0 Å². The van der Waals surface area contributed by atoms with Gasteiger partial charge in [0.1, 0.15) is 11.6 Å². The van der Waals surface area contributed by atoms with Gasteiger partial charge in [-0.1, -0.05) is 6.42 Å². The van der Waals surface area contributed by atoms with Gasteiger partial charge in [0.2, 0.25) is 0 Å². The molecule has 2 unspecified atom stereocenters. The van der Waals surface area contributed by atoms with E-state index in [1.165, 1.54) is 19.3 Å². The van der Waals surface area contributed by atoms with Crippen LogP contribution >= 0.6 is 0 Å². The Balaban J connectivity index is 1.47. The second kappa shape index (κ2) is 6.13. The molecule has 1 N–H and O–H groups in total. The molecule has 140 valence electrons. The molecule has 5 aliphatic rings. The minimum Gasteiger partial charge on any atom is -0.387 e. The van der Waals surface area contributed by atoms with E-state index in [1.54, 1.807) is 6.21 Å². The largest absolute Gasteiger partial charge is 0.387 e. The van der Waals surface area contributed by atoms with Crippen LogP contribution in [0.3, 0.4) is 0 Å². The van der Waals surface area contributed by atoms with Gasteiger partial charge in [0.25, 0.3) is 5.91 Å². The molecule has 1 spiro atoms. The first kappa shape index (κ1) is 16.9. The minimum atomic E-state index is -0.563. The molecule has 27 heavy (non-hydrogen) atoms. The van der Waals surface area contributed by atoms with Crippen molar-refractivity contribution >= 4 is 17.8 Å². The van der Waals surface area contributed by atoms with E-state index >= 15 is 0 Å². The summed E-state index contributed by atoms with van der Waals surface area (Å²) < 4.78 is 0. The molecule has 0 aromatic heterocycles. The van der Waals surface area contributed by atoms with Gasteiger partial charge >= 0.3 is 0 Å². The smallest absolute Gasteiger partial charge is 0.289 e. The number of aliphatic imine (C=N–C) groups is 2. The zero-order valence-electron chi connectivity index (χ0n) is 15.4. The molecule has 1 amide bonds. The van der Waals surface area contributed by atoms with Gasteiger partial charge in [-0.05, 0) is 55.9 Å². The third-order valence-electron chi connectivity index (χ3n) is 7.06. The predicted molar refractivity (Wildman–Crippen MR) is 101 cm³/mol. The number of nitriles is 1. The Kier molecular flexibility index (Phi) is 3.83. The first-order valence-electron chi connectivity index (χ1n) is 10.1. The van der Waals surface area contributed by atoms with E-state index in [1.807, 2.05) is 6.08 Å². The van der Waals surface area contributed by atoms with Crippen LogP contribution in [0.2, 0.25) is 0 Å². The normalized spacial score (nSPS) is 30.3. The molecule has 2 saturated carbocycles. The summed E-state index contributed by atoms with van der Waals surface area (Å²) >= 11 is 0. The Morgan fingerprint density at radius 1 is 1.26 bits per heavy atom. The first-order chi connectivity index (χ1) is 13.1. The summed E-state index contributed by atoms with van der Waals surface area (Å²) in [6, 6.07) is 2.11. The number of aliphatic hydroxyl groups excluding tert-OH is 1. The monoisotopic (exact) mass is 364 g/mol. The summed E-state index contributed by atoms with van der Waals surface area (Å²) in [5.41, 5.74) is 2.66. The molecule has 0 aromatic carbocycles. The Labute approximate surface area is 159 Å². The fourth-order valence-corrected chi connectivity index (χ4v) is 4.96. The van der Waals surface area contributed by atoms with Crippen LogP contribution in [0.25, 0.3) is 0 Å². The van der Waals surface area contributed by atoms with Gasteiger partial charge < -0.3 is 10.0 Å². The number of carbonyl (C=O) groups excluding carboxylic acids is 1. The molecular weight excluding hydrogens is 340 g/mol. The average Bonchev–Trinajstić information content (AvgIpc) is 3.50. The molecule has 6 heteroatoms. The van der Waals surface area contributed by atoms with E-state index in [2.05, 4.69) is 21.0 Å². The van der Waals surface area contributed by atoms with Crippen LogP contribution in [-0.2, 0) is 4.79 Å². The Bertz CT molecular complexity index is 842. The van der Waals surface area contributed by atoms with Gasteiger partial charge in [-0.2, -0.15) is 5.26 Å². The molecule has 0 radical (unpaired) electrons. The van der Waals surface area contributed by atoms with Crippen molar-refractivity contribution in [3.05, 3.63) is 23.0 Å². The van der Waals surface area contributed by atoms with Crippen molar-refractivity contribution in [3.63, 3.8) is 0 Å². The molecular formula is C21H24N4O2. The van der Waals surface area contributed by atoms with E-state index in [9.17, 15) is 15.2 Å². The van der Waals surface area contributed by atoms with E-state index in [0.29, 0.717) is 16.8 Å². The first-order valence-corrected chi connectivity index (χ1v) is 10.1. The number of piperidine rings is 1. The predicted octanol–water partition coefficient (Wildman–Crippen LogP) is 2.37. The zero-order chi connectivity index (χ0) is 18.6. The van der Waals surface area contributed by atoms with Crippen molar-refractivity contribution in [2.45, 2.75) is 51.0 Å². The molecule has 2 atom stereocenters. The van der Waals surface area contributed by atoms with Gasteiger partial charge in [-0.15, -0.1) is 0 Å². The number of aliphatic hydroxyl groups is 1. The lowest BCUT2D eigenvalue weighted by Gasteiger charge is -2.50. The Morgan fingerprint density at radius 3 is 2.59 bits per heavy atom. The highest BCUT2D eigenvalue weighted by Crippen LogP contribution is 2.50. The van der Waals surface area contributed by atoms with Crippen molar-refractivity contribution in [1.29, 1.82) is 5.26 Å². The van der Waals surface area contributed by atoms with Crippen molar-refractivity contribution < 1.29 is 9.90 Å². The number of hydrogen-bond donors (Lipinski definition) is 1. The highest BCUT2D eigenvalue weighted by molar-refractivity contribution is 6.37. The second-order valence-electron chi connectivity index (χ2n) is 8.66. The molecule has 1 saturated heterocycles. The molecule has 3 fully saturated rings. The molecule has 3 aliphatic heterocycles. The summed E-state index contributed by atoms with van der Waals surface area (Å²) in [7, 11) is 0. The summed E-state index contributed by atoms with van der Waals surface area (Å²) in [5.74, 6) is -0.434. The molecule has 0 aromatic rings. The molecule has 3 heterocycles. The van der Waals surface area contributed by atoms with Gasteiger partial charge in [0, 0.05) is 19.3 Å². The quantitative estimate of drug-likeness (QED) is 0.832. The highest BCUT2D eigenvalue weighted by Gasteiger charge is 2.43. The maximum atomic E-state index is 12.4. The lowest BCUT2D eigenvalue weighted by atomic mass is 9.63. The van der Waals surface area contributed by atoms with Crippen LogP contribution in [0, 0.1) is 28.6 Å². The topological polar surface area (TPSA) is 89.1 Å². The maximum Gasteiger partial charge on any atom is 0.289 e. The van der Waals surface area contributed by atoms with Crippen LogP contribution in [0.15, 0.2) is 33.0 Å². The third kappa shape index (κ3) is 2.76. The summed E-state index contributed by atoms with van der Waals surface area (Å²) in [6.07, 6.45) is 11.2. The number of hydrogen-bond acceptors (Lipinski definition) is 5. The minimum absolute atomic E-state index is 0.153. The summed E-state index contributed by atoms with van der Waals surface area (Å²) in [6.45, 7) is 1.76. The number of fused-ring (bicyclic) bond motifs is 1. The summed E-state index contributed by atoms with van der Waals surface area (Å²) in [5, 5.41) is 20.2. The number of rotatable bonds is 3. The van der Waals surface area contributed by atoms with Crippen LogP contribution in [0.5, 0.6) is 0 Å². The van der Waals surface area contributed by atoms with Crippen molar-refractivity contribution in [2.75, 3.05) is 13.1 Å². The second-order valence-corrected chi connectivity index (χ2v) is 8.66. The van der Waals surface area contributed by atoms with Gasteiger partial charge in [0.05, 0.1) is 29.1 Å². The third-order valence-corrected chi connectivity index (χ3v) is 7.06. The maximum absolute atomic E-state index is 12.4.